The Morgan fingerprint density at radius 1 is 0.857 bits per heavy atom. The number of fused-ring (bicyclic) bond motifs is 1. The van der Waals surface area contributed by atoms with Gasteiger partial charge in [-0.3, -0.25) is 0 Å². The van der Waals surface area contributed by atoms with Crippen LogP contribution in [0.15, 0.2) is 83.3 Å². The number of hydrogen-bond donors (Lipinski definition) is 1. The molecule has 8 heteroatoms. The Hall–Kier alpha value is -4.17. The lowest BCUT2D eigenvalue weighted by atomic mass is 10.1. The van der Waals surface area contributed by atoms with Gasteiger partial charge >= 0.3 is 0 Å². The largest absolute Gasteiger partial charge is 0.430 e. The number of nitrogens with zero attached hydrogens (tertiary/aromatic N) is 4. The molecule has 0 aliphatic rings. The van der Waals surface area contributed by atoms with Crippen LogP contribution in [0.5, 0.6) is 0 Å². The second-order valence-electron chi connectivity index (χ2n) is 8.33. The summed E-state index contributed by atoms with van der Waals surface area (Å²) in [6.45, 7) is 0.289. The molecule has 0 radical (unpaired) electrons. The number of anilines is 1. The average Bonchev–Trinajstić information content (AvgIpc) is 3.30. The van der Waals surface area contributed by atoms with Gasteiger partial charge in [0.25, 0.3) is 0 Å². The van der Waals surface area contributed by atoms with Crippen molar-refractivity contribution >= 4 is 17.0 Å². The number of oxazole rings is 1. The lowest BCUT2D eigenvalue weighted by molar-refractivity contribution is 0.303. The third-order valence-corrected chi connectivity index (χ3v) is 5.71. The fraction of sp³-hybridized carbons (Fsp3) is 0.148. The fourth-order valence-corrected chi connectivity index (χ4v) is 3.90. The first kappa shape index (κ1) is 22.6. The second-order valence-corrected chi connectivity index (χ2v) is 8.33. The van der Waals surface area contributed by atoms with Gasteiger partial charge in [-0.2, -0.15) is 4.98 Å². The maximum atomic E-state index is 14.6. The van der Waals surface area contributed by atoms with Crippen LogP contribution < -0.4 is 5.32 Å². The van der Waals surface area contributed by atoms with Crippen molar-refractivity contribution in [1.29, 1.82) is 0 Å². The number of hydrogen-bond acceptors (Lipinski definition) is 6. The Bertz CT molecular complexity index is 1460. The highest BCUT2D eigenvalue weighted by atomic mass is 19.1. The van der Waals surface area contributed by atoms with Crippen LogP contribution in [0.2, 0.25) is 0 Å². The molecule has 0 saturated carbocycles. The molecule has 5 aromatic rings. The van der Waals surface area contributed by atoms with E-state index < -0.39 is 17.7 Å². The van der Waals surface area contributed by atoms with Crippen molar-refractivity contribution in [2.45, 2.75) is 6.04 Å². The smallest absolute Gasteiger partial charge is 0.229 e. The normalized spacial score (nSPS) is 12.3. The van der Waals surface area contributed by atoms with Crippen molar-refractivity contribution < 1.29 is 13.2 Å². The van der Waals surface area contributed by atoms with E-state index in [2.05, 4.69) is 15.3 Å². The van der Waals surface area contributed by atoms with Crippen LogP contribution in [0.25, 0.3) is 34.1 Å². The van der Waals surface area contributed by atoms with E-state index in [4.69, 9.17) is 9.40 Å². The molecule has 2 aromatic heterocycles. The molecular weight excluding hydrogens is 448 g/mol. The van der Waals surface area contributed by atoms with Gasteiger partial charge in [0, 0.05) is 29.3 Å². The monoisotopic (exact) mass is 471 g/mol. The Balaban J connectivity index is 1.56. The van der Waals surface area contributed by atoms with Gasteiger partial charge in [0.15, 0.2) is 11.6 Å². The van der Waals surface area contributed by atoms with Crippen molar-refractivity contribution in [2.75, 3.05) is 26.0 Å². The Labute approximate surface area is 201 Å². The molecule has 1 atom stereocenters. The first-order valence-corrected chi connectivity index (χ1v) is 11.1. The SMILES string of the molecule is CN(C)[C@@H](CNc1nc(-c2ccccc2)nc2nc(-c3ccccc3)oc12)c1ccc(F)cc1F. The minimum Gasteiger partial charge on any atom is -0.430 e. The predicted molar refractivity (Wildman–Crippen MR) is 132 cm³/mol. The zero-order valence-electron chi connectivity index (χ0n) is 19.2. The molecule has 6 nitrogen and oxygen atoms in total. The first-order valence-electron chi connectivity index (χ1n) is 11.1. The summed E-state index contributed by atoms with van der Waals surface area (Å²) in [5.74, 6) is 0.142. The van der Waals surface area contributed by atoms with Gasteiger partial charge in [0.05, 0.1) is 6.04 Å². The van der Waals surface area contributed by atoms with Gasteiger partial charge in [-0.15, -0.1) is 0 Å². The number of halogens is 2. The second kappa shape index (κ2) is 9.60. The summed E-state index contributed by atoms with van der Waals surface area (Å²) in [7, 11) is 3.67. The van der Waals surface area contributed by atoms with E-state index in [1.165, 1.54) is 12.1 Å². The van der Waals surface area contributed by atoms with Crippen molar-refractivity contribution in [3.63, 3.8) is 0 Å². The minimum atomic E-state index is -0.614. The standard InChI is InChI=1S/C27H23F2N5O/c1-34(2)22(20-14-13-19(28)15-21(20)29)16-30-25-23-26(32-24(31-25)17-9-5-3-6-10-17)33-27(35-23)18-11-7-4-8-12-18/h3-15,22H,16H2,1-2H3,(H,30,31,32)/t22-/m0/s1. The highest BCUT2D eigenvalue weighted by Crippen LogP contribution is 2.31. The van der Waals surface area contributed by atoms with Gasteiger partial charge in [-0.25, -0.2) is 18.7 Å². The van der Waals surface area contributed by atoms with E-state index in [0.717, 1.165) is 17.2 Å². The zero-order chi connectivity index (χ0) is 24.4. The summed E-state index contributed by atoms with van der Waals surface area (Å²) >= 11 is 0. The summed E-state index contributed by atoms with van der Waals surface area (Å²) in [6, 6.07) is 22.3. The molecule has 2 heterocycles. The summed E-state index contributed by atoms with van der Waals surface area (Å²) in [5.41, 5.74) is 2.84. The van der Waals surface area contributed by atoms with Crippen LogP contribution in [0.4, 0.5) is 14.6 Å². The van der Waals surface area contributed by atoms with Crippen molar-refractivity contribution in [1.82, 2.24) is 19.9 Å². The third kappa shape index (κ3) is 4.74. The van der Waals surface area contributed by atoms with Gasteiger partial charge < -0.3 is 14.6 Å². The lowest BCUT2D eigenvalue weighted by Gasteiger charge is -2.25. The van der Waals surface area contributed by atoms with E-state index in [1.54, 1.807) is 0 Å². The summed E-state index contributed by atoms with van der Waals surface area (Å²) in [4.78, 5) is 15.8. The summed E-state index contributed by atoms with van der Waals surface area (Å²) in [5, 5.41) is 3.30. The molecule has 0 saturated heterocycles. The van der Waals surface area contributed by atoms with E-state index in [-0.39, 0.29) is 6.54 Å². The molecule has 0 amide bonds. The minimum absolute atomic E-state index is 0.289. The summed E-state index contributed by atoms with van der Waals surface area (Å²) < 4.78 is 34.1. The molecule has 0 fully saturated rings. The van der Waals surface area contributed by atoms with E-state index in [0.29, 0.717) is 34.3 Å². The van der Waals surface area contributed by atoms with Crippen molar-refractivity contribution in [3.8, 4) is 22.8 Å². The van der Waals surface area contributed by atoms with Gasteiger partial charge in [-0.05, 0) is 32.3 Å². The van der Waals surface area contributed by atoms with Crippen LogP contribution in [0.1, 0.15) is 11.6 Å². The molecule has 176 valence electrons. The number of aromatic nitrogens is 3. The molecule has 0 spiro atoms. The van der Waals surface area contributed by atoms with E-state index >= 15 is 0 Å². The van der Waals surface area contributed by atoms with Crippen LogP contribution >= 0.6 is 0 Å². The predicted octanol–water partition coefficient (Wildman–Crippen LogP) is 5.94. The molecular formula is C27H23F2N5O. The molecule has 3 aromatic carbocycles. The molecule has 1 N–H and O–H groups in total. The number of benzene rings is 3. The first-order chi connectivity index (χ1) is 17.0. The topological polar surface area (TPSA) is 67.1 Å². The molecule has 5 rings (SSSR count). The fourth-order valence-electron chi connectivity index (χ4n) is 3.90. The molecule has 0 aliphatic carbocycles. The number of likely N-dealkylation sites (N-methyl/N-ethyl adjacent to an activating group) is 1. The Kier molecular flexibility index (Phi) is 6.20. The number of rotatable bonds is 7. The average molecular weight is 472 g/mol. The lowest BCUT2D eigenvalue weighted by Crippen LogP contribution is -2.28. The van der Waals surface area contributed by atoms with Crippen LogP contribution in [0, 0.1) is 11.6 Å². The van der Waals surface area contributed by atoms with Crippen LogP contribution in [0.3, 0.4) is 0 Å². The molecule has 0 bridgehead atoms. The highest BCUT2D eigenvalue weighted by Gasteiger charge is 2.22. The van der Waals surface area contributed by atoms with E-state index in [1.807, 2.05) is 79.7 Å². The van der Waals surface area contributed by atoms with Gasteiger partial charge in [0.2, 0.25) is 17.1 Å². The maximum Gasteiger partial charge on any atom is 0.229 e. The highest BCUT2D eigenvalue weighted by molar-refractivity contribution is 5.84. The number of nitrogens with one attached hydrogen (secondary N) is 1. The zero-order valence-corrected chi connectivity index (χ0v) is 19.2. The molecule has 0 aliphatic heterocycles. The Morgan fingerprint density at radius 2 is 1.54 bits per heavy atom. The quantitative estimate of drug-likeness (QED) is 0.317. The maximum absolute atomic E-state index is 14.6. The van der Waals surface area contributed by atoms with Crippen LogP contribution in [-0.2, 0) is 0 Å². The van der Waals surface area contributed by atoms with Gasteiger partial charge in [-0.1, -0.05) is 54.6 Å². The Morgan fingerprint density at radius 3 is 2.20 bits per heavy atom. The van der Waals surface area contributed by atoms with E-state index in [9.17, 15) is 8.78 Å². The summed E-state index contributed by atoms with van der Waals surface area (Å²) in [6.07, 6.45) is 0. The van der Waals surface area contributed by atoms with Crippen molar-refractivity contribution in [2.24, 2.45) is 0 Å². The van der Waals surface area contributed by atoms with Gasteiger partial charge in [0.1, 0.15) is 11.6 Å². The van der Waals surface area contributed by atoms with Crippen LogP contribution in [-0.4, -0.2) is 40.5 Å². The third-order valence-electron chi connectivity index (χ3n) is 5.71. The molecule has 35 heavy (non-hydrogen) atoms. The molecule has 0 unspecified atom stereocenters. The van der Waals surface area contributed by atoms with Crippen molar-refractivity contribution in [3.05, 3.63) is 96.1 Å².